The van der Waals surface area contributed by atoms with Crippen molar-refractivity contribution in [3.63, 3.8) is 0 Å². The van der Waals surface area contributed by atoms with E-state index in [2.05, 4.69) is 42.3 Å². The lowest BCUT2D eigenvalue weighted by Gasteiger charge is -2.19. The first-order valence-electron chi connectivity index (χ1n) is 10.1. The molecule has 1 heterocycles. The summed E-state index contributed by atoms with van der Waals surface area (Å²) in [6.45, 7) is 3.05. The quantitative estimate of drug-likeness (QED) is 0.491. The Morgan fingerprint density at radius 3 is 2.60 bits per heavy atom. The van der Waals surface area contributed by atoms with E-state index in [1.165, 1.54) is 68.1 Å². The number of allylic oxidation sites excluding steroid dienone is 3. The molecule has 1 aliphatic heterocycles. The van der Waals surface area contributed by atoms with E-state index in [1.54, 1.807) is 0 Å². The summed E-state index contributed by atoms with van der Waals surface area (Å²) in [5.74, 6) is 1.69. The number of hydrogen-bond donors (Lipinski definition) is 0. The number of aliphatic imine (C=N–C) groups is 1. The Kier molecular flexibility index (Phi) is 6.90. The zero-order valence-electron chi connectivity index (χ0n) is 15.5. The Bertz CT molecular complexity index is 618. The van der Waals surface area contributed by atoms with Crippen LogP contribution in [0.5, 0.6) is 5.75 Å². The molecule has 2 aliphatic rings. The maximum Gasteiger partial charge on any atom is 0.119 e. The van der Waals surface area contributed by atoms with Crippen LogP contribution in [0.3, 0.4) is 0 Å². The van der Waals surface area contributed by atoms with Gasteiger partial charge in [-0.15, -0.1) is 0 Å². The average molecular weight is 338 g/mol. The van der Waals surface area contributed by atoms with E-state index >= 15 is 0 Å². The van der Waals surface area contributed by atoms with E-state index in [4.69, 9.17) is 4.74 Å². The SMILES string of the molecule is CCCCCCOc1ccc(C2=CN=CC2=CC2CCCCC2)cc1. The molecule has 2 heteroatoms. The minimum atomic E-state index is 0.724. The molecule has 0 unspecified atom stereocenters. The van der Waals surface area contributed by atoms with E-state index in [-0.39, 0.29) is 0 Å². The van der Waals surface area contributed by atoms with Gasteiger partial charge >= 0.3 is 0 Å². The van der Waals surface area contributed by atoms with Gasteiger partial charge in [0.25, 0.3) is 0 Å². The van der Waals surface area contributed by atoms with E-state index in [9.17, 15) is 0 Å². The zero-order valence-corrected chi connectivity index (χ0v) is 15.5. The normalized spacial score (nSPS) is 19.4. The van der Waals surface area contributed by atoms with Crippen LogP contribution < -0.4 is 4.74 Å². The van der Waals surface area contributed by atoms with Crippen LogP contribution in [0.15, 0.2) is 47.1 Å². The molecule has 1 saturated carbocycles. The minimum absolute atomic E-state index is 0.724. The molecule has 0 saturated heterocycles. The Morgan fingerprint density at radius 2 is 1.84 bits per heavy atom. The molecule has 1 aromatic carbocycles. The van der Waals surface area contributed by atoms with Crippen molar-refractivity contribution >= 4 is 11.8 Å². The molecule has 0 aromatic heterocycles. The molecule has 1 aliphatic carbocycles. The van der Waals surface area contributed by atoms with Crippen molar-refractivity contribution < 1.29 is 4.74 Å². The summed E-state index contributed by atoms with van der Waals surface area (Å²) >= 11 is 0. The van der Waals surface area contributed by atoms with Gasteiger partial charge in [0.15, 0.2) is 0 Å². The molecule has 0 atom stereocenters. The maximum absolute atomic E-state index is 5.85. The number of ether oxygens (including phenoxy) is 1. The lowest BCUT2D eigenvalue weighted by atomic mass is 9.86. The van der Waals surface area contributed by atoms with E-state index < -0.39 is 0 Å². The second kappa shape index (κ2) is 9.60. The monoisotopic (exact) mass is 337 g/mol. The van der Waals surface area contributed by atoms with Gasteiger partial charge in [-0.1, -0.05) is 63.7 Å². The number of rotatable bonds is 8. The molecule has 0 bridgehead atoms. The third kappa shape index (κ3) is 5.32. The summed E-state index contributed by atoms with van der Waals surface area (Å²) in [6.07, 6.45) is 18.2. The Labute approximate surface area is 152 Å². The molecule has 2 nitrogen and oxygen atoms in total. The molecule has 0 spiro atoms. The summed E-state index contributed by atoms with van der Waals surface area (Å²) in [7, 11) is 0. The Morgan fingerprint density at radius 1 is 1.04 bits per heavy atom. The van der Waals surface area contributed by atoms with E-state index in [0.29, 0.717) is 0 Å². The first kappa shape index (κ1) is 18.0. The van der Waals surface area contributed by atoms with Crippen molar-refractivity contribution in [2.75, 3.05) is 6.61 Å². The van der Waals surface area contributed by atoms with Crippen molar-refractivity contribution in [3.8, 4) is 5.75 Å². The molecule has 1 aromatic rings. The van der Waals surface area contributed by atoms with E-state index in [1.807, 2.05) is 12.4 Å². The van der Waals surface area contributed by atoms with Crippen molar-refractivity contribution in [2.45, 2.75) is 64.7 Å². The molecule has 3 rings (SSSR count). The lowest BCUT2D eigenvalue weighted by molar-refractivity contribution is 0.305. The van der Waals surface area contributed by atoms with Crippen molar-refractivity contribution in [3.05, 3.63) is 47.7 Å². The van der Waals surface area contributed by atoms with Gasteiger partial charge in [0, 0.05) is 18.0 Å². The van der Waals surface area contributed by atoms with Crippen LogP contribution in [-0.4, -0.2) is 12.8 Å². The molecule has 0 amide bonds. The summed E-state index contributed by atoms with van der Waals surface area (Å²) < 4.78 is 5.85. The summed E-state index contributed by atoms with van der Waals surface area (Å²) in [6, 6.07) is 8.51. The van der Waals surface area contributed by atoms with Gasteiger partial charge in [-0.25, -0.2) is 0 Å². The first-order chi connectivity index (χ1) is 12.4. The summed E-state index contributed by atoms with van der Waals surface area (Å²) in [4.78, 5) is 4.40. The predicted molar refractivity (Wildman–Crippen MR) is 107 cm³/mol. The fraction of sp³-hybridized carbons (Fsp3) is 0.522. The molecule has 0 radical (unpaired) electrons. The van der Waals surface area contributed by atoms with Crippen LogP contribution in [0.2, 0.25) is 0 Å². The van der Waals surface area contributed by atoms with Crippen LogP contribution in [0.4, 0.5) is 0 Å². The van der Waals surface area contributed by atoms with Gasteiger partial charge in [-0.3, -0.25) is 4.99 Å². The van der Waals surface area contributed by atoms with E-state index in [0.717, 1.165) is 24.7 Å². The molecule has 0 N–H and O–H groups in total. The topological polar surface area (TPSA) is 21.6 Å². The van der Waals surface area contributed by atoms with Crippen LogP contribution in [0.25, 0.3) is 5.57 Å². The number of nitrogens with zero attached hydrogens (tertiary/aromatic N) is 1. The largest absolute Gasteiger partial charge is 0.494 e. The second-order valence-electron chi connectivity index (χ2n) is 7.27. The third-order valence-corrected chi connectivity index (χ3v) is 5.23. The van der Waals surface area contributed by atoms with Crippen molar-refractivity contribution in [2.24, 2.45) is 10.9 Å². The van der Waals surface area contributed by atoms with Crippen LogP contribution >= 0.6 is 0 Å². The van der Waals surface area contributed by atoms with Crippen molar-refractivity contribution in [1.82, 2.24) is 0 Å². The van der Waals surface area contributed by atoms with Crippen LogP contribution in [0, 0.1) is 5.92 Å². The summed E-state index contributed by atoms with van der Waals surface area (Å²) in [5, 5.41) is 0. The Balaban J connectivity index is 1.57. The second-order valence-corrected chi connectivity index (χ2v) is 7.27. The highest BCUT2D eigenvalue weighted by Crippen LogP contribution is 2.32. The summed E-state index contributed by atoms with van der Waals surface area (Å²) in [5.41, 5.74) is 3.78. The average Bonchev–Trinajstić information content (AvgIpc) is 3.11. The Hall–Kier alpha value is -1.83. The highest BCUT2D eigenvalue weighted by molar-refractivity contribution is 6.04. The van der Waals surface area contributed by atoms with Crippen molar-refractivity contribution in [1.29, 1.82) is 0 Å². The number of benzene rings is 1. The smallest absolute Gasteiger partial charge is 0.119 e. The molecule has 134 valence electrons. The van der Waals surface area contributed by atoms with Gasteiger partial charge in [0.1, 0.15) is 5.75 Å². The predicted octanol–water partition coefficient (Wildman–Crippen LogP) is 6.58. The van der Waals surface area contributed by atoms with Gasteiger partial charge in [0.05, 0.1) is 6.61 Å². The third-order valence-electron chi connectivity index (χ3n) is 5.23. The van der Waals surface area contributed by atoms with Crippen LogP contribution in [-0.2, 0) is 0 Å². The highest BCUT2D eigenvalue weighted by atomic mass is 16.5. The molecule has 25 heavy (non-hydrogen) atoms. The minimum Gasteiger partial charge on any atom is -0.494 e. The maximum atomic E-state index is 5.85. The van der Waals surface area contributed by atoms with Gasteiger partial charge in [0.2, 0.25) is 0 Å². The lowest BCUT2D eigenvalue weighted by Crippen LogP contribution is -2.04. The zero-order chi connectivity index (χ0) is 17.3. The molecular weight excluding hydrogens is 306 g/mol. The van der Waals surface area contributed by atoms with Gasteiger partial charge in [-0.05, 0) is 48.4 Å². The first-order valence-corrected chi connectivity index (χ1v) is 10.1. The molecular formula is C23H31NO. The van der Waals surface area contributed by atoms with Crippen LogP contribution in [0.1, 0.15) is 70.3 Å². The standard InChI is InChI=1S/C23H31NO/c1-2-3-4-8-15-25-22-13-11-20(12-14-22)23-18-24-17-21(23)16-19-9-6-5-7-10-19/h11-14,16-19H,2-10,15H2,1H3. The fourth-order valence-corrected chi connectivity index (χ4v) is 3.71. The molecule has 1 fully saturated rings. The van der Waals surface area contributed by atoms with Gasteiger partial charge in [-0.2, -0.15) is 0 Å². The number of hydrogen-bond acceptors (Lipinski definition) is 2. The fourth-order valence-electron chi connectivity index (χ4n) is 3.71. The highest BCUT2D eigenvalue weighted by Gasteiger charge is 2.16. The van der Waals surface area contributed by atoms with Gasteiger partial charge < -0.3 is 4.74 Å². The number of unbranched alkanes of at least 4 members (excludes halogenated alkanes) is 3.